The number of ether oxygens (including phenoxy) is 1. The minimum atomic E-state index is -0.164. The normalized spacial score (nSPS) is 20.0. The minimum absolute atomic E-state index is 0.164. The van der Waals surface area contributed by atoms with E-state index in [2.05, 4.69) is 50.0 Å². The van der Waals surface area contributed by atoms with Crippen molar-refractivity contribution in [2.75, 3.05) is 33.1 Å². The summed E-state index contributed by atoms with van der Waals surface area (Å²) in [5.41, 5.74) is 6.48. The number of aryl methyl sites for hydroxylation is 2. The summed E-state index contributed by atoms with van der Waals surface area (Å²) < 4.78 is 8.86. The monoisotopic (exact) mass is 502 g/mol. The van der Waals surface area contributed by atoms with Gasteiger partial charge in [0.15, 0.2) is 0 Å². The van der Waals surface area contributed by atoms with Gasteiger partial charge < -0.3 is 13.8 Å². The van der Waals surface area contributed by atoms with Gasteiger partial charge in [-0.1, -0.05) is 18.9 Å². The number of benzene rings is 1. The largest absolute Gasteiger partial charge is 0.500 e. The van der Waals surface area contributed by atoms with Crippen molar-refractivity contribution in [1.82, 2.24) is 14.5 Å². The van der Waals surface area contributed by atoms with Crippen LogP contribution in [-0.2, 0) is 11.3 Å². The molecule has 1 aliphatic heterocycles. The maximum Gasteiger partial charge on any atom is 0.258 e. The molecule has 1 atom stereocenters. The number of amides is 1. The Morgan fingerprint density at radius 2 is 1.89 bits per heavy atom. The van der Waals surface area contributed by atoms with E-state index in [0.29, 0.717) is 17.4 Å². The third-order valence-electron chi connectivity index (χ3n) is 8.46. The molecule has 0 saturated heterocycles. The van der Waals surface area contributed by atoms with Gasteiger partial charge in [-0.15, -0.1) is 0 Å². The topological polar surface area (TPSA) is 69.0 Å². The number of fused-ring (bicyclic) bond motifs is 1. The van der Waals surface area contributed by atoms with Gasteiger partial charge in [0.2, 0.25) is 5.95 Å². The van der Waals surface area contributed by atoms with E-state index in [1.807, 2.05) is 25.1 Å². The van der Waals surface area contributed by atoms with Gasteiger partial charge in [-0.3, -0.25) is 15.1 Å². The van der Waals surface area contributed by atoms with E-state index in [1.54, 1.807) is 7.11 Å². The number of quaternary nitrogens is 1. The van der Waals surface area contributed by atoms with Gasteiger partial charge in [0.25, 0.3) is 5.91 Å². The van der Waals surface area contributed by atoms with E-state index in [0.717, 1.165) is 57.7 Å². The van der Waals surface area contributed by atoms with Crippen LogP contribution < -0.4 is 5.32 Å². The molecule has 2 aliphatic rings. The molecule has 5 rings (SSSR count). The lowest BCUT2D eigenvalue weighted by atomic mass is 9.93. The Kier molecular flexibility index (Phi) is 6.84. The van der Waals surface area contributed by atoms with Crippen molar-refractivity contribution in [3.8, 4) is 0 Å². The number of likely N-dealkylation sites (N-methyl/N-ethyl adjacent to an activating group) is 1. The summed E-state index contributed by atoms with van der Waals surface area (Å²) >= 11 is 0. The number of aromatic nitrogens is 3. The average molecular weight is 503 g/mol. The summed E-state index contributed by atoms with van der Waals surface area (Å²) in [6.07, 6.45) is 5.88. The molecule has 0 spiro atoms. The zero-order valence-corrected chi connectivity index (χ0v) is 23.1. The second kappa shape index (κ2) is 9.93. The van der Waals surface area contributed by atoms with Gasteiger partial charge in [0, 0.05) is 17.8 Å². The molecule has 37 heavy (non-hydrogen) atoms. The van der Waals surface area contributed by atoms with Crippen molar-refractivity contribution < 1.29 is 14.0 Å². The first-order valence-electron chi connectivity index (χ1n) is 13.5. The lowest BCUT2D eigenvalue weighted by molar-refractivity contribution is -0.906. The van der Waals surface area contributed by atoms with Crippen LogP contribution in [0.4, 0.5) is 5.95 Å². The number of methoxy groups -OCH3 is 1. The van der Waals surface area contributed by atoms with Crippen molar-refractivity contribution in [2.24, 2.45) is 5.92 Å². The lowest BCUT2D eigenvalue weighted by Crippen LogP contribution is -2.51. The number of hydrogen-bond acceptors (Lipinski definition) is 4. The zero-order valence-electron chi connectivity index (χ0n) is 23.1. The van der Waals surface area contributed by atoms with Crippen molar-refractivity contribution in [1.29, 1.82) is 0 Å². The first kappa shape index (κ1) is 25.5. The lowest BCUT2D eigenvalue weighted by Gasteiger charge is -2.41. The highest BCUT2D eigenvalue weighted by atomic mass is 16.5. The smallest absolute Gasteiger partial charge is 0.258 e. The fourth-order valence-electron chi connectivity index (χ4n) is 5.94. The van der Waals surface area contributed by atoms with Crippen LogP contribution in [0.25, 0.3) is 16.6 Å². The fraction of sp³-hybridized carbons (Fsp3) is 0.500. The van der Waals surface area contributed by atoms with E-state index in [1.165, 1.54) is 31.2 Å². The van der Waals surface area contributed by atoms with Crippen LogP contribution in [-0.4, -0.2) is 58.7 Å². The number of anilines is 1. The van der Waals surface area contributed by atoms with Crippen LogP contribution in [0.15, 0.2) is 36.1 Å². The summed E-state index contributed by atoms with van der Waals surface area (Å²) in [5.74, 6) is 2.04. The molecule has 196 valence electrons. The fourth-order valence-corrected chi connectivity index (χ4v) is 5.94. The van der Waals surface area contributed by atoms with Crippen LogP contribution >= 0.6 is 0 Å². The summed E-state index contributed by atoms with van der Waals surface area (Å²) in [7, 11) is 6.20. The minimum Gasteiger partial charge on any atom is -0.500 e. The SMILES string of the molecule is COC1=C(c2cc(C(=O)Nc3nc4ccc(C)cc4n3CC3CCCC3)cc(C)n2)C(C)[N+](C)(C)CC1. The number of pyridine rings is 1. The van der Waals surface area contributed by atoms with Gasteiger partial charge in [-0.2, -0.15) is 0 Å². The first-order chi connectivity index (χ1) is 17.7. The highest BCUT2D eigenvalue weighted by Crippen LogP contribution is 2.35. The Bertz CT molecular complexity index is 1360. The standard InChI is InChI=1S/C30H39N5O2/c1-19-11-12-24-26(15-19)34(18-22-9-7-8-10-22)30(32-24)33-29(36)23-16-20(2)31-25(17-23)28-21(3)35(4,5)14-13-27(28)37-6/h11-12,15-17,21-22H,7-10,13-14,18H2,1-6H3/p+1. The Morgan fingerprint density at radius 1 is 1.14 bits per heavy atom. The van der Waals surface area contributed by atoms with Crippen LogP contribution in [0, 0.1) is 19.8 Å². The van der Waals surface area contributed by atoms with Crippen LogP contribution in [0.5, 0.6) is 0 Å². The Morgan fingerprint density at radius 3 is 2.62 bits per heavy atom. The van der Waals surface area contributed by atoms with Crippen molar-refractivity contribution in [3.05, 3.63) is 58.6 Å². The van der Waals surface area contributed by atoms with Gasteiger partial charge in [0.05, 0.1) is 56.5 Å². The molecule has 1 aromatic carbocycles. The highest BCUT2D eigenvalue weighted by Gasteiger charge is 2.37. The van der Waals surface area contributed by atoms with E-state index in [9.17, 15) is 4.79 Å². The third kappa shape index (κ3) is 5.01. The molecule has 1 amide bonds. The Hall–Kier alpha value is -3.19. The molecule has 1 N–H and O–H groups in total. The predicted molar refractivity (Wildman–Crippen MR) is 148 cm³/mol. The van der Waals surface area contributed by atoms with E-state index in [-0.39, 0.29) is 11.9 Å². The first-order valence-corrected chi connectivity index (χ1v) is 13.5. The van der Waals surface area contributed by atoms with Crippen LogP contribution in [0.3, 0.4) is 0 Å². The van der Waals surface area contributed by atoms with E-state index < -0.39 is 0 Å². The number of hydrogen-bond donors (Lipinski definition) is 1. The molecule has 1 unspecified atom stereocenters. The second-order valence-electron chi connectivity index (χ2n) is 11.5. The number of imidazole rings is 1. The van der Waals surface area contributed by atoms with Crippen LogP contribution in [0.1, 0.15) is 66.3 Å². The molecule has 1 aliphatic carbocycles. The molecule has 7 nitrogen and oxygen atoms in total. The number of carbonyl (C=O) groups is 1. The summed E-state index contributed by atoms with van der Waals surface area (Å²) in [4.78, 5) is 23.3. The Balaban J connectivity index is 1.50. The molecule has 1 saturated carbocycles. The van der Waals surface area contributed by atoms with Gasteiger partial charge >= 0.3 is 0 Å². The van der Waals surface area contributed by atoms with Gasteiger partial charge in [0.1, 0.15) is 11.8 Å². The number of rotatable bonds is 6. The van der Waals surface area contributed by atoms with Crippen molar-refractivity contribution >= 4 is 28.5 Å². The predicted octanol–water partition coefficient (Wildman–Crippen LogP) is 5.72. The molecule has 2 aromatic heterocycles. The quantitative estimate of drug-likeness (QED) is 0.438. The molecule has 3 heterocycles. The summed E-state index contributed by atoms with van der Waals surface area (Å²) in [5, 5.41) is 3.15. The summed E-state index contributed by atoms with van der Waals surface area (Å²) in [6, 6.07) is 10.3. The number of nitrogens with zero attached hydrogens (tertiary/aromatic N) is 4. The molecule has 0 bridgehead atoms. The average Bonchev–Trinajstić information content (AvgIpc) is 3.49. The third-order valence-corrected chi connectivity index (χ3v) is 8.46. The maximum atomic E-state index is 13.7. The molecule has 0 radical (unpaired) electrons. The highest BCUT2D eigenvalue weighted by molar-refractivity contribution is 6.04. The van der Waals surface area contributed by atoms with Crippen LogP contribution in [0.2, 0.25) is 0 Å². The van der Waals surface area contributed by atoms with Gasteiger partial charge in [-0.05, 0) is 69.4 Å². The van der Waals surface area contributed by atoms with Crippen molar-refractivity contribution in [2.45, 2.75) is 65.5 Å². The Labute approximate surface area is 220 Å². The molecule has 7 heteroatoms. The second-order valence-corrected chi connectivity index (χ2v) is 11.5. The number of carbonyl (C=O) groups excluding carboxylic acids is 1. The summed E-state index contributed by atoms with van der Waals surface area (Å²) in [6.45, 7) is 8.14. The molecular formula is C30H40N5O2+. The zero-order chi connectivity index (χ0) is 26.3. The van der Waals surface area contributed by atoms with E-state index >= 15 is 0 Å². The molecular weight excluding hydrogens is 462 g/mol. The van der Waals surface area contributed by atoms with E-state index in [4.69, 9.17) is 14.7 Å². The molecule has 1 fully saturated rings. The maximum absolute atomic E-state index is 13.7. The molecule has 3 aromatic rings. The number of nitrogens with one attached hydrogen (secondary N) is 1. The van der Waals surface area contributed by atoms with Crippen molar-refractivity contribution in [3.63, 3.8) is 0 Å². The van der Waals surface area contributed by atoms with Gasteiger partial charge in [-0.25, -0.2) is 4.98 Å².